The first-order chi connectivity index (χ1) is 8.15. The van der Waals surface area contributed by atoms with E-state index in [-0.39, 0.29) is 11.9 Å². The second-order valence-electron chi connectivity index (χ2n) is 3.88. The van der Waals surface area contributed by atoms with Crippen LogP contribution in [0.4, 0.5) is 0 Å². The van der Waals surface area contributed by atoms with Gasteiger partial charge in [0.1, 0.15) is 6.04 Å². The van der Waals surface area contributed by atoms with Gasteiger partial charge in [-0.05, 0) is 40.3 Å². The van der Waals surface area contributed by atoms with Gasteiger partial charge >= 0.3 is 5.97 Å². The predicted molar refractivity (Wildman–Crippen MR) is 70.4 cm³/mol. The third-order valence-corrected chi connectivity index (χ3v) is 3.20. The average molecular weight is 345 g/mol. The van der Waals surface area contributed by atoms with Crippen LogP contribution < -0.4 is 5.32 Å². The normalized spacial score (nSPS) is 18.9. The second kappa shape index (κ2) is 5.48. The molecule has 1 fully saturated rings. The number of halogens is 1. The lowest BCUT2D eigenvalue weighted by atomic mass is 10.1. The highest BCUT2D eigenvalue weighted by Crippen LogP contribution is 2.09. The maximum Gasteiger partial charge on any atom is 0.328 e. The van der Waals surface area contributed by atoms with Crippen LogP contribution in [0.3, 0.4) is 0 Å². The van der Waals surface area contributed by atoms with Crippen molar-refractivity contribution in [2.45, 2.75) is 18.9 Å². The maximum atomic E-state index is 11.7. The Kier molecular flexibility index (Phi) is 3.98. The number of carbonyl (C=O) groups is 2. The Hall–Kier alpha value is -1.11. The van der Waals surface area contributed by atoms with Gasteiger partial charge in [-0.15, -0.1) is 0 Å². The lowest BCUT2D eigenvalue weighted by Crippen LogP contribution is -2.38. The Labute approximate surface area is 113 Å². The van der Waals surface area contributed by atoms with Gasteiger partial charge in [0, 0.05) is 9.99 Å². The Morgan fingerprint density at radius 1 is 1.53 bits per heavy atom. The standard InChI is InChI=1S/C12H12INO3/c13-9-3-1-2-8(6-9)7-11(15)14-10-4-5-17-12(10)16/h1-3,6,10H,4-5,7H2,(H,14,15). The number of benzene rings is 1. The zero-order valence-corrected chi connectivity index (χ0v) is 11.3. The smallest absolute Gasteiger partial charge is 0.328 e. The summed E-state index contributed by atoms with van der Waals surface area (Å²) in [6.45, 7) is 0.396. The van der Waals surface area contributed by atoms with Crippen LogP contribution in [0.2, 0.25) is 0 Å². The fourth-order valence-electron chi connectivity index (χ4n) is 1.70. The molecule has 0 spiro atoms. The molecule has 1 atom stereocenters. The highest BCUT2D eigenvalue weighted by molar-refractivity contribution is 14.1. The Balaban J connectivity index is 1.91. The summed E-state index contributed by atoms with van der Waals surface area (Å²) in [5, 5.41) is 2.68. The molecule has 1 aliphatic heterocycles. The Bertz CT molecular complexity index is 447. The maximum absolute atomic E-state index is 11.7. The summed E-state index contributed by atoms with van der Waals surface area (Å²) in [5.74, 6) is -0.475. The quantitative estimate of drug-likeness (QED) is 0.663. The van der Waals surface area contributed by atoms with E-state index in [1.54, 1.807) is 0 Å². The number of cyclic esters (lactones) is 1. The molecular formula is C12H12INO3. The van der Waals surface area contributed by atoms with Crippen LogP contribution in [0.1, 0.15) is 12.0 Å². The molecule has 0 aromatic heterocycles. The zero-order valence-electron chi connectivity index (χ0n) is 9.11. The molecule has 1 heterocycles. The van der Waals surface area contributed by atoms with Crippen molar-refractivity contribution in [3.05, 3.63) is 33.4 Å². The van der Waals surface area contributed by atoms with E-state index < -0.39 is 6.04 Å². The van der Waals surface area contributed by atoms with E-state index in [0.29, 0.717) is 19.4 Å². The molecule has 0 bridgehead atoms. The van der Waals surface area contributed by atoms with Crippen LogP contribution in [0.15, 0.2) is 24.3 Å². The van der Waals surface area contributed by atoms with Gasteiger partial charge in [0.2, 0.25) is 5.91 Å². The number of carbonyl (C=O) groups excluding carboxylic acids is 2. The van der Waals surface area contributed by atoms with Crippen molar-refractivity contribution in [2.75, 3.05) is 6.61 Å². The summed E-state index contributed by atoms with van der Waals surface area (Å²) in [6, 6.07) is 7.26. The largest absolute Gasteiger partial charge is 0.464 e. The molecule has 1 aliphatic rings. The lowest BCUT2D eigenvalue weighted by Gasteiger charge is -2.08. The van der Waals surface area contributed by atoms with Gasteiger partial charge in [-0.3, -0.25) is 4.79 Å². The van der Waals surface area contributed by atoms with Gasteiger partial charge in [0.15, 0.2) is 0 Å². The molecule has 1 N–H and O–H groups in total. The molecule has 2 rings (SSSR count). The van der Waals surface area contributed by atoms with Crippen molar-refractivity contribution in [3.63, 3.8) is 0 Å². The zero-order chi connectivity index (χ0) is 12.3. The fourth-order valence-corrected chi connectivity index (χ4v) is 2.31. The van der Waals surface area contributed by atoms with E-state index in [0.717, 1.165) is 9.13 Å². The minimum Gasteiger partial charge on any atom is -0.464 e. The fraction of sp³-hybridized carbons (Fsp3) is 0.333. The van der Waals surface area contributed by atoms with Crippen LogP contribution in [-0.2, 0) is 20.7 Å². The van der Waals surface area contributed by atoms with Crippen molar-refractivity contribution in [2.24, 2.45) is 0 Å². The molecule has 0 radical (unpaired) electrons. The van der Waals surface area contributed by atoms with E-state index in [1.807, 2.05) is 24.3 Å². The van der Waals surface area contributed by atoms with Gasteiger partial charge in [-0.1, -0.05) is 12.1 Å². The topological polar surface area (TPSA) is 55.4 Å². The summed E-state index contributed by atoms with van der Waals surface area (Å²) in [6.07, 6.45) is 0.859. The molecule has 0 saturated carbocycles. The number of hydrogen-bond acceptors (Lipinski definition) is 3. The number of hydrogen-bond donors (Lipinski definition) is 1. The van der Waals surface area contributed by atoms with E-state index in [2.05, 4.69) is 27.9 Å². The van der Waals surface area contributed by atoms with Crippen LogP contribution in [-0.4, -0.2) is 24.5 Å². The first-order valence-corrected chi connectivity index (χ1v) is 6.43. The van der Waals surface area contributed by atoms with E-state index in [4.69, 9.17) is 4.74 Å². The van der Waals surface area contributed by atoms with Crippen LogP contribution in [0, 0.1) is 3.57 Å². The third kappa shape index (κ3) is 3.42. The molecule has 1 unspecified atom stereocenters. The first-order valence-electron chi connectivity index (χ1n) is 5.35. The molecule has 5 heteroatoms. The molecule has 4 nitrogen and oxygen atoms in total. The molecule has 0 aliphatic carbocycles. The molecule has 1 aromatic rings. The SMILES string of the molecule is O=C(Cc1cccc(I)c1)NC1CCOC1=O. The lowest BCUT2D eigenvalue weighted by molar-refractivity contribution is -0.141. The van der Waals surface area contributed by atoms with Gasteiger partial charge < -0.3 is 10.1 Å². The van der Waals surface area contributed by atoms with Gasteiger partial charge in [0.05, 0.1) is 13.0 Å². The number of rotatable bonds is 3. The third-order valence-electron chi connectivity index (χ3n) is 2.52. The molecule has 1 amide bonds. The van der Waals surface area contributed by atoms with Crippen molar-refractivity contribution >= 4 is 34.5 Å². The van der Waals surface area contributed by atoms with Gasteiger partial charge in [-0.2, -0.15) is 0 Å². The first kappa shape index (κ1) is 12.3. The van der Waals surface area contributed by atoms with Gasteiger partial charge in [0.25, 0.3) is 0 Å². The Morgan fingerprint density at radius 3 is 3.00 bits per heavy atom. The summed E-state index contributed by atoms with van der Waals surface area (Å²) >= 11 is 2.20. The average Bonchev–Trinajstić information content (AvgIpc) is 2.64. The summed E-state index contributed by atoms with van der Waals surface area (Å²) in [7, 11) is 0. The molecule has 1 aromatic carbocycles. The van der Waals surface area contributed by atoms with E-state index in [1.165, 1.54) is 0 Å². The summed E-state index contributed by atoms with van der Waals surface area (Å²) < 4.78 is 5.87. The highest BCUT2D eigenvalue weighted by Gasteiger charge is 2.27. The Morgan fingerprint density at radius 2 is 2.35 bits per heavy atom. The monoisotopic (exact) mass is 345 g/mol. The van der Waals surface area contributed by atoms with Crippen LogP contribution in [0.5, 0.6) is 0 Å². The van der Waals surface area contributed by atoms with Crippen molar-refractivity contribution in [1.29, 1.82) is 0 Å². The number of ether oxygens (including phenoxy) is 1. The summed E-state index contributed by atoms with van der Waals surface area (Å²) in [5.41, 5.74) is 0.945. The predicted octanol–water partition coefficient (Wildman–Crippen LogP) is 1.27. The number of amides is 1. The molecule has 17 heavy (non-hydrogen) atoms. The van der Waals surface area contributed by atoms with Crippen molar-refractivity contribution in [3.8, 4) is 0 Å². The molecular weight excluding hydrogens is 333 g/mol. The van der Waals surface area contributed by atoms with Crippen molar-refractivity contribution < 1.29 is 14.3 Å². The minimum atomic E-state index is -0.467. The minimum absolute atomic E-state index is 0.143. The van der Waals surface area contributed by atoms with Crippen LogP contribution >= 0.6 is 22.6 Å². The van der Waals surface area contributed by atoms with E-state index >= 15 is 0 Å². The van der Waals surface area contributed by atoms with E-state index in [9.17, 15) is 9.59 Å². The van der Waals surface area contributed by atoms with Crippen molar-refractivity contribution in [1.82, 2.24) is 5.32 Å². The summed E-state index contributed by atoms with van der Waals surface area (Å²) in [4.78, 5) is 22.9. The number of esters is 1. The highest BCUT2D eigenvalue weighted by atomic mass is 127. The van der Waals surface area contributed by atoms with Gasteiger partial charge in [-0.25, -0.2) is 4.79 Å². The number of nitrogens with one attached hydrogen (secondary N) is 1. The second-order valence-corrected chi connectivity index (χ2v) is 5.13. The molecule has 90 valence electrons. The molecule has 1 saturated heterocycles. The van der Waals surface area contributed by atoms with Crippen LogP contribution in [0.25, 0.3) is 0 Å².